The highest BCUT2D eigenvalue weighted by atomic mass is 16.2. The maximum absolute atomic E-state index is 12.5. The van der Waals surface area contributed by atoms with Crippen LogP contribution in [0, 0.1) is 17.8 Å². The van der Waals surface area contributed by atoms with Crippen molar-refractivity contribution in [2.24, 2.45) is 5.92 Å². The zero-order valence-electron chi connectivity index (χ0n) is 12.6. The molecule has 0 radical (unpaired) electrons. The van der Waals surface area contributed by atoms with Gasteiger partial charge in [0.25, 0.3) is 5.91 Å². The highest BCUT2D eigenvalue weighted by molar-refractivity contribution is 5.92. The molecule has 3 N–H and O–H groups in total. The van der Waals surface area contributed by atoms with E-state index in [0.717, 1.165) is 30.6 Å². The molecule has 6 heteroatoms. The molecule has 2 aromatic rings. The Bertz CT molecular complexity index is 817. The van der Waals surface area contributed by atoms with Gasteiger partial charge in [-0.25, -0.2) is 4.98 Å². The number of rotatable bonds is 2. The molecule has 118 valence electrons. The van der Waals surface area contributed by atoms with Crippen LogP contribution in [-0.2, 0) is 0 Å². The first-order valence-corrected chi connectivity index (χ1v) is 7.85. The number of hydrogen-bond donors (Lipinski definition) is 3. The van der Waals surface area contributed by atoms with Crippen LogP contribution < -0.4 is 10.6 Å². The van der Waals surface area contributed by atoms with Gasteiger partial charge in [-0.3, -0.25) is 4.79 Å². The number of piperidine rings is 1. The zero-order chi connectivity index (χ0) is 15.8. The van der Waals surface area contributed by atoms with E-state index in [4.69, 9.17) is 5.11 Å². The number of nitrogens with one attached hydrogen (secondary N) is 2. The quantitative estimate of drug-likeness (QED) is 0.691. The number of fused-ring (bicyclic) bond motifs is 3. The summed E-state index contributed by atoms with van der Waals surface area (Å²) in [7, 11) is 0. The summed E-state index contributed by atoms with van der Waals surface area (Å²) in [6.07, 6.45) is 5.56. The largest absolute Gasteiger partial charge is 0.384 e. The third-order valence-electron chi connectivity index (χ3n) is 4.71. The third kappa shape index (κ3) is 2.58. The van der Waals surface area contributed by atoms with Gasteiger partial charge in [0.1, 0.15) is 12.3 Å². The van der Waals surface area contributed by atoms with Gasteiger partial charge in [-0.05, 0) is 43.4 Å². The number of aliphatic hydroxyl groups is 1. The van der Waals surface area contributed by atoms with Crippen LogP contribution in [0.15, 0.2) is 24.5 Å². The monoisotopic (exact) mass is 310 g/mol. The fourth-order valence-electron chi connectivity index (χ4n) is 3.61. The van der Waals surface area contributed by atoms with Crippen LogP contribution in [0.5, 0.6) is 0 Å². The Kier molecular flexibility index (Phi) is 3.52. The minimum Gasteiger partial charge on any atom is -0.384 e. The Labute approximate surface area is 133 Å². The molecule has 0 aromatic carbocycles. The molecule has 2 bridgehead atoms. The van der Waals surface area contributed by atoms with Gasteiger partial charge < -0.3 is 20.1 Å². The second-order valence-electron chi connectivity index (χ2n) is 6.18. The van der Waals surface area contributed by atoms with Crippen LogP contribution >= 0.6 is 0 Å². The molecule has 1 saturated heterocycles. The molecule has 3 heterocycles. The normalized spacial score (nSPS) is 25.3. The summed E-state index contributed by atoms with van der Waals surface area (Å²) in [4.78, 5) is 16.7. The minimum atomic E-state index is -0.192. The van der Waals surface area contributed by atoms with E-state index in [9.17, 15) is 4.79 Å². The Morgan fingerprint density at radius 1 is 1.48 bits per heavy atom. The molecule has 2 aromatic heterocycles. The summed E-state index contributed by atoms with van der Waals surface area (Å²) in [6.45, 7) is 0.875. The van der Waals surface area contributed by atoms with Crippen LogP contribution in [-0.4, -0.2) is 45.6 Å². The van der Waals surface area contributed by atoms with Gasteiger partial charge in [0.15, 0.2) is 0 Å². The maximum Gasteiger partial charge on any atom is 0.271 e. The molecule has 2 fully saturated rings. The second kappa shape index (κ2) is 5.69. The van der Waals surface area contributed by atoms with Crippen molar-refractivity contribution >= 4 is 11.4 Å². The number of carbonyl (C=O) groups excluding carboxylic acids is 1. The highest BCUT2D eigenvalue weighted by Crippen LogP contribution is 2.31. The van der Waals surface area contributed by atoms with Crippen molar-refractivity contribution in [1.82, 2.24) is 20.0 Å². The summed E-state index contributed by atoms with van der Waals surface area (Å²) in [5, 5.41) is 15.4. The summed E-state index contributed by atoms with van der Waals surface area (Å²) in [5.74, 6) is 6.03. The molecule has 4 rings (SSSR count). The van der Waals surface area contributed by atoms with Crippen LogP contribution in [0.4, 0.5) is 0 Å². The predicted octanol–water partition coefficient (Wildman–Crippen LogP) is 0.158. The van der Waals surface area contributed by atoms with Gasteiger partial charge in [-0.1, -0.05) is 5.92 Å². The fourth-order valence-corrected chi connectivity index (χ4v) is 3.61. The lowest BCUT2D eigenvalue weighted by Gasteiger charge is -2.23. The number of hydrogen-bond acceptors (Lipinski definition) is 4. The van der Waals surface area contributed by atoms with Crippen molar-refractivity contribution in [2.45, 2.75) is 24.9 Å². The lowest BCUT2D eigenvalue weighted by Crippen LogP contribution is -2.48. The summed E-state index contributed by atoms with van der Waals surface area (Å²) < 4.78 is 1.82. The number of amides is 1. The van der Waals surface area contributed by atoms with Gasteiger partial charge in [0.05, 0.1) is 17.4 Å². The molecule has 1 saturated carbocycles. The molecule has 3 unspecified atom stereocenters. The van der Waals surface area contributed by atoms with E-state index in [1.165, 1.54) is 0 Å². The van der Waals surface area contributed by atoms with Gasteiger partial charge in [0.2, 0.25) is 0 Å². The third-order valence-corrected chi connectivity index (χ3v) is 4.71. The molecule has 1 amide bonds. The SMILES string of the molecule is O=C(NC1CC2CNC1C2)c1cn2c(C#CCO)ccc2cn1. The first-order chi connectivity index (χ1) is 11.2. The molecule has 6 nitrogen and oxygen atoms in total. The fraction of sp³-hybridized carbons (Fsp3) is 0.412. The summed E-state index contributed by atoms with van der Waals surface area (Å²) >= 11 is 0. The molecule has 23 heavy (non-hydrogen) atoms. The molecular formula is C17H18N4O2. The Morgan fingerprint density at radius 2 is 2.39 bits per heavy atom. The minimum absolute atomic E-state index is 0.152. The molecular weight excluding hydrogens is 292 g/mol. The Balaban J connectivity index is 1.57. The van der Waals surface area contributed by atoms with Crippen molar-refractivity contribution in [3.05, 3.63) is 35.9 Å². The average Bonchev–Trinajstić information content (AvgIpc) is 3.27. The highest BCUT2D eigenvalue weighted by Gasteiger charge is 2.40. The van der Waals surface area contributed by atoms with E-state index >= 15 is 0 Å². The summed E-state index contributed by atoms with van der Waals surface area (Å²) in [6, 6.07) is 4.32. The molecule has 0 spiro atoms. The molecule has 3 atom stereocenters. The first kappa shape index (κ1) is 14.2. The van der Waals surface area contributed by atoms with Gasteiger partial charge in [-0.15, -0.1) is 0 Å². The average molecular weight is 310 g/mol. The van der Waals surface area contributed by atoms with Crippen molar-refractivity contribution in [1.29, 1.82) is 0 Å². The van der Waals surface area contributed by atoms with Crippen molar-refractivity contribution in [3.63, 3.8) is 0 Å². The van der Waals surface area contributed by atoms with Gasteiger partial charge in [0, 0.05) is 18.3 Å². The number of carbonyl (C=O) groups is 1. The number of aliphatic hydroxyl groups excluding tert-OH is 1. The van der Waals surface area contributed by atoms with E-state index in [-0.39, 0.29) is 18.6 Å². The van der Waals surface area contributed by atoms with E-state index in [0.29, 0.717) is 17.7 Å². The topological polar surface area (TPSA) is 78.7 Å². The van der Waals surface area contributed by atoms with E-state index in [2.05, 4.69) is 27.5 Å². The predicted molar refractivity (Wildman–Crippen MR) is 84.9 cm³/mol. The Hall–Kier alpha value is -2.36. The van der Waals surface area contributed by atoms with Crippen LogP contribution in [0.25, 0.3) is 5.52 Å². The second-order valence-corrected chi connectivity index (χ2v) is 6.18. The van der Waals surface area contributed by atoms with E-state index in [1.54, 1.807) is 12.4 Å². The smallest absolute Gasteiger partial charge is 0.271 e. The Morgan fingerprint density at radius 3 is 3.13 bits per heavy atom. The van der Waals surface area contributed by atoms with Crippen molar-refractivity contribution in [3.8, 4) is 11.8 Å². The van der Waals surface area contributed by atoms with Crippen molar-refractivity contribution in [2.75, 3.05) is 13.2 Å². The van der Waals surface area contributed by atoms with Crippen molar-refractivity contribution < 1.29 is 9.90 Å². The zero-order valence-corrected chi connectivity index (χ0v) is 12.6. The lowest BCUT2D eigenvalue weighted by atomic mass is 10.1. The van der Waals surface area contributed by atoms with Crippen LogP contribution in [0.3, 0.4) is 0 Å². The first-order valence-electron chi connectivity index (χ1n) is 7.85. The lowest BCUT2D eigenvalue weighted by molar-refractivity contribution is 0.0923. The molecule has 1 aliphatic carbocycles. The standard InChI is InChI=1S/C17H18N4O2/c22-5-1-2-12-3-4-13-9-19-16(10-21(12)13)17(23)20-15-7-11-6-14(15)18-8-11/h3-4,9-11,14-15,18,22H,5-8H2,(H,20,23). The van der Waals surface area contributed by atoms with Gasteiger partial charge in [-0.2, -0.15) is 0 Å². The summed E-state index contributed by atoms with van der Waals surface area (Å²) in [5.41, 5.74) is 1.97. The van der Waals surface area contributed by atoms with Crippen LogP contribution in [0.1, 0.15) is 29.0 Å². The van der Waals surface area contributed by atoms with Gasteiger partial charge >= 0.3 is 0 Å². The molecule has 2 aliphatic rings. The number of nitrogens with zero attached hydrogens (tertiary/aromatic N) is 2. The number of aromatic nitrogens is 2. The van der Waals surface area contributed by atoms with E-state index in [1.807, 2.05) is 16.5 Å². The van der Waals surface area contributed by atoms with E-state index < -0.39 is 0 Å². The molecule has 1 aliphatic heterocycles. The maximum atomic E-state index is 12.5. The van der Waals surface area contributed by atoms with Crippen LogP contribution in [0.2, 0.25) is 0 Å².